The summed E-state index contributed by atoms with van der Waals surface area (Å²) in [5.74, 6) is 0.473. The molecule has 0 aliphatic heterocycles. The van der Waals surface area contributed by atoms with Crippen molar-refractivity contribution in [2.75, 3.05) is 12.4 Å². The van der Waals surface area contributed by atoms with Crippen molar-refractivity contribution in [3.8, 4) is 0 Å². The van der Waals surface area contributed by atoms with Crippen molar-refractivity contribution in [2.45, 2.75) is 26.4 Å². The lowest BCUT2D eigenvalue weighted by molar-refractivity contribution is 0.185. The Kier molecular flexibility index (Phi) is 4.90. The molecule has 0 saturated heterocycles. The minimum absolute atomic E-state index is 0.137. The molecule has 1 heterocycles. The van der Waals surface area contributed by atoms with Crippen molar-refractivity contribution in [3.05, 3.63) is 51.9 Å². The van der Waals surface area contributed by atoms with Crippen LogP contribution in [0.5, 0.6) is 0 Å². The Morgan fingerprint density at radius 1 is 1.30 bits per heavy atom. The van der Waals surface area contributed by atoms with E-state index in [2.05, 4.69) is 22.2 Å². The van der Waals surface area contributed by atoms with E-state index in [-0.39, 0.29) is 5.56 Å². The highest BCUT2D eigenvalue weighted by Gasteiger charge is 2.02. The van der Waals surface area contributed by atoms with Crippen LogP contribution in [0.1, 0.15) is 24.6 Å². The Morgan fingerprint density at radius 2 is 2.05 bits per heavy atom. The molecule has 106 valence electrons. The highest BCUT2D eigenvalue weighted by Crippen LogP contribution is 2.14. The van der Waals surface area contributed by atoms with Crippen molar-refractivity contribution < 1.29 is 4.74 Å². The van der Waals surface area contributed by atoms with Crippen LogP contribution in [0.2, 0.25) is 0 Å². The maximum atomic E-state index is 11.6. The van der Waals surface area contributed by atoms with E-state index in [4.69, 9.17) is 4.74 Å². The maximum absolute atomic E-state index is 11.6. The van der Waals surface area contributed by atoms with E-state index in [1.54, 1.807) is 7.11 Å². The zero-order chi connectivity index (χ0) is 14.4. The largest absolute Gasteiger partial charge is 0.380 e. The van der Waals surface area contributed by atoms with E-state index in [1.807, 2.05) is 24.3 Å². The molecule has 0 unspecified atom stereocenters. The van der Waals surface area contributed by atoms with Gasteiger partial charge in [0.05, 0.1) is 6.61 Å². The smallest absolute Gasteiger partial charge is 0.252 e. The van der Waals surface area contributed by atoms with Crippen LogP contribution >= 0.6 is 0 Å². The molecule has 0 radical (unpaired) electrons. The van der Waals surface area contributed by atoms with E-state index in [9.17, 15) is 4.79 Å². The molecule has 0 bridgehead atoms. The molecule has 5 heteroatoms. The van der Waals surface area contributed by atoms with Gasteiger partial charge in [0.25, 0.3) is 5.56 Å². The van der Waals surface area contributed by atoms with E-state index >= 15 is 0 Å². The van der Waals surface area contributed by atoms with Gasteiger partial charge in [0.1, 0.15) is 0 Å². The van der Waals surface area contributed by atoms with Crippen LogP contribution in [0.3, 0.4) is 0 Å². The van der Waals surface area contributed by atoms with Gasteiger partial charge in [-0.1, -0.05) is 25.5 Å². The first-order valence-electron chi connectivity index (χ1n) is 6.66. The summed E-state index contributed by atoms with van der Waals surface area (Å²) in [6.07, 6.45) is 1.76. The molecule has 0 atom stereocenters. The van der Waals surface area contributed by atoms with Crippen LogP contribution in [0.25, 0.3) is 0 Å². The van der Waals surface area contributed by atoms with Gasteiger partial charge < -0.3 is 10.1 Å². The van der Waals surface area contributed by atoms with E-state index < -0.39 is 0 Å². The lowest BCUT2D eigenvalue weighted by atomic mass is 10.2. The Labute approximate surface area is 118 Å². The number of methoxy groups -OCH3 is 1. The molecule has 1 aromatic heterocycles. The summed E-state index contributed by atoms with van der Waals surface area (Å²) in [6, 6.07) is 9.34. The highest BCUT2D eigenvalue weighted by molar-refractivity contribution is 5.53. The Bertz CT molecular complexity index is 605. The van der Waals surface area contributed by atoms with Crippen molar-refractivity contribution in [1.29, 1.82) is 0 Å². The third-order valence-electron chi connectivity index (χ3n) is 2.83. The number of H-pyrrole nitrogens is 1. The van der Waals surface area contributed by atoms with Crippen LogP contribution < -0.4 is 10.9 Å². The molecule has 0 amide bonds. The number of hydrogen-bond acceptors (Lipinski definition) is 4. The number of nitrogens with zero attached hydrogens (tertiary/aromatic N) is 1. The molecule has 0 aliphatic rings. The number of aromatic nitrogens is 2. The molecule has 2 rings (SSSR count). The molecular formula is C15H19N3O2. The second-order valence-corrected chi connectivity index (χ2v) is 4.59. The molecule has 20 heavy (non-hydrogen) atoms. The summed E-state index contributed by atoms with van der Waals surface area (Å²) < 4.78 is 5.06. The summed E-state index contributed by atoms with van der Waals surface area (Å²) in [6.45, 7) is 2.64. The predicted octanol–water partition coefficient (Wildman–Crippen LogP) is 2.61. The van der Waals surface area contributed by atoms with Gasteiger partial charge >= 0.3 is 0 Å². The zero-order valence-corrected chi connectivity index (χ0v) is 11.8. The number of benzene rings is 1. The number of rotatable bonds is 6. The first kappa shape index (κ1) is 14.3. The number of aromatic amines is 1. The SMILES string of the molecule is CCCc1cc(=O)[nH]c(Nc2ccc(COC)cc2)n1. The fraction of sp³-hybridized carbons (Fsp3) is 0.333. The fourth-order valence-electron chi connectivity index (χ4n) is 1.94. The highest BCUT2D eigenvalue weighted by atomic mass is 16.5. The van der Waals surface area contributed by atoms with Gasteiger partial charge in [0.15, 0.2) is 0 Å². The number of aryl methyl sites for hydroxylation is 1. The number of nitrogens with one attached hydrogen (secondary N) is 2. The molecule has 5 nitrogen and oxygen atoms in total. The molecule has 2 aromatic rings. The van der Waals surface area contributed by atoms with Crippen molar-refractivity contribution in [3.63, 3.8) is 0 Å². The van der Waals surface area contributed by atoms with Crippen LogP contribution in [0.15, 0.2) is 35.1 Å². The van der Waals surface area contributed by atoms with E-state index in [0.29, 0.717) is 12.6 Å². The predicted molar refractivity (Wildman–Crippen MR) is 79.3 cm³/mol. The van der Waals surface area contributed by atoms with Crippen LogP contribution in [-0.2, 0) is 17.8 Å². The van der Waals surface area contributed by atoms with Crippen LogP contribution in [-0.4, -0.2) is 17.1 Å². The monoisotopic (exact) mass is 273 g/mol. The molecule has 0 saturated carbocycles. The molecule has 0 spiro atoms. The fourth-order valence-corrected chi connectivity index (χ4v) is 1.94. The zero-order valence-electron chi connectivity index (χ0n) is 11.8. The van der Waals surface area contributed by atoms with Crippen molar-refractivity contribution in [2.24, 2.45) is 0 Å². The van der Waals surface area contributed by atoms with Gasteiger partial charge in [-0.2, -0.15) is 0 Å². The third-order valence-corrected chi connectivity index (χ3v) is 2.83. The number of ether oxygens (including phenoxy) is 1. The van der Waals surface area contributed by atoms with Gasteiger partial charge in [0, 0.05) is 24.6 Å². The molecule has 1 aromatic carbocycles. The summed E-state index contributed by atoms with van der Waals surface area (Å²) >= 11 is 0. The van der Waals surface area contributed by atoms with Gasteiger partial charge in [-0.25, -0.2) is 4.98 Å². The summed E-state index contributed by atoms with van der Waals surface area (Å²) in [5.41, 5.74) is 2.64. The second-order valence-electron chi connectivity index (χ2n) is 4.59. The minimum atomic E-state index is -0.137. The van der Waals surface area contributed by atoms with Crippen LogP contribution in [0, 0.1) is 0 Å². The average Bonchev–Trinajstić information content (AvgIpc) is 2.41. The van der Waals surface area contributed by atoms with Gasteiger partial charge in [-0.3, -0.25) is 9.78 Å². The van der Waals surface area contributed by atoms with Crippen molar-refractivity contribution >= 4 is 11.6 Å². The lowest BCUT2D eigenvalue weighted by Crippen LogP contribution is -2.12. The summed E-state index contributed by atoms with van der Waals surface area (Å²) in [7, 11) is 1.67. The normalized spacial score (nSPS) is 10.5. The standard InChI is InChI=1S/C15H19N3O2/c1-3-4-13-9-14(19)18-15(17-13)16-12-7-5-11(6-8-12)10-20-2/h5-9H,3-4,10H2,1-2H3,(H2,16,17,18,19). The summed E-state index contributed by atoms with van der Waals surface area (Å²) in [4.78, 5) is 18.6. The Morgan fingerprint density at radius 3 is 2.70 bits per heavy atom. The van der Waals surface area contributed by atoms with Gasteiger partial charge in [0.2, 0.25) is 5.95 Å². The minimum Gasteiger partial charge on any atom is -0.380 e. The Hall–Kier alpha value is -2.14. The second kappa shape index (κ2) is 6.86. The number of hydrogen-bond donors (Lipinski definition) is 2. The molecule has 0 fully saturated rings. The van der Waals surface area contributed by atoms with Crippen molar-refractivity contribution in [1.82, 2.24) is 9.97 Å². The Balaban J connectivity index is 2.14. The first-order valence-corrected chi connectivity index (χ1v) is 6.66. The molecule has 2 N–H and O–H groups in total. The lowest BCUT2D eigenvalue weighted by Gasteiger charge is -2.07. The third kappa shape index (κ3) is 3.93. The number of anilines is 2. The summed E-state index contributed by atoms with van der Waals surface area (Å²) in [5, 5.41) is 3.11. The maximum Gasteiger partial charge on any atom is 0.252 e. The van der Waals surface area contributed by atoms with E-state index in [0.717, 1.165) is 29.8 Å². The van der Waals surface area contributed by atoms with Gasteiger partial charge in [-0.15, -0.1) is 0 Å². The van der Waals surface area contributed by atoms with Crippen LogP contribution in [0.4, 0.5) is 11.6 Å². The quantitative estimate of drug-likeness (QED) is 0.849. The molecular weight excluding hydrogens is 254 g/mol. The first-order chi connectivity index (χ1) is 9.71. The topological polar surface area (TPSA) is 67.0 Å². The average molecular weight is 273 g/mol. The van der Waals surface area contributed by atoms with Gasteiger partial charge in [-0.05, 0) is 24.1 Å². The molecule has 0 aliphatic carbocycles. The van der Waals surface area contributed by atoms with E-state index in [1.165, 1.54) is 6.07 Å².